The predicted octanol–water partition coefficient (Wildman–Crippen LogP) is 1.32. The third-order valence-corrected chi connectivity index (χ3v) is 3.48. The van der Waals surface area contributed by atoms with Crippen LogP contribution in [0.3, 0.4) is 0 Å². The summed E-state index contributed by atoms with van der Waals surface area (Å²) >= 11 is 3.55. The number of hydrogen-bond acceptors (Lipinski definition) is 3. The van der Waals surface area contributed by atoms with Crippen molar-refractivity contribution in [1.29, 1.82) is 0 Å². The maximum atomic E-state index is 5.63. The van der Waals surface area contributed by atoms with E-state index in [4.69, 9.17) is 5.73 Å². The van der Waals surface area contributed by atoms with Crippen molar-refractivity contribution < 1.29 is 0 Å². The van der Waals surface area contributed by atoms with Crippen LogP contribution in [0.4, 0.5) is 5.69 Å². The van der Waals surface area contributed by atoms with Crippen molar-refractivity contribution in [3.63, 3.8) is 0 Å². The SMILES string of the molecule is NCc1ccc(N2CCNCC2)cc1Br. The lowest BCUT2D eigenvalue weighted by molar-refractivity contribution is 0.589. The number of piperazine rings is 1. The van der Waals surface area contributed by atoms with Crippen LogP contribution in [-0.2, 0) is 6.54 Å². The Bertz CT molecular complexity index is 335. The van der Waals surface area contributed by atoms with Crippen molar-refractivity contribution in [3.05, 3.63) is 28.2 Å². The number of halogens is 1. The number of hydrogen-bond donors (Lipinski definition) is 2. The number of nitrogens with one attached hydrogen (secondary N) is 1. The van der Waals surface area contributed by atoms with E-state index < -0.39 is 0 Å². The van der Waals surface area contributed by atoms with Gasteiger partial charge in [0.25, 0.3) is 0 Å². The van der Waals surface area contributed by atoms with E-state index in [2.05, 4.69) is 44.3 Å². The second-order valence-electron chi connectivity index (χ2n) is 3.72. The first kappa shape index (κ1) is 10.9. The second kappa shape index (κ2) is 4.96. The quantitative estimate of drug-likeness (QED) is 0.851. The fourth-order valence-electron chi connectivity index (χ4n) is 1.82. The van der Waals surface area contributed by atoms with Gasteiger partial charge in [-0.3, -0.25) is 0 Å². The molecule has 0 unspecified atom stereocenters. The lowest BCUT2D eigenvalue weighted by Gasteiger charge is -2.29. The van der Waals surface area contributed by atoms with Crippen LogP contribution >= 0.6 is 15.9 Å². The van der Waals surface area contributed by atoms with Crippen LogP contribution in [0.5, 0.6) is 0 Å². The summed E-state index contributed by atoms with van der Waals surface area (Å²) in [6.45, 7) is 4.87. The monoisotopic (exact) mass is 269 g/mol. The van der Waals surface area contributed by atoms with Crippen molar-refractivity contribution in [2.24, 2.45) is 5.73 Å². The molecule has 15 heavy (non-hydrogen) atoms. The molecule has 3 nitrogen and oxygen atoms in total. The highest BCUT2D eigenvalue weighted by Gasteiger charge is 2.11. The van der Waals surface area contributed by atoms with Crippen molar-refractivity contribution in [2.45, 2.75) is 6.54 Å². The second-order valence-corrected chi connectivity index (χ2v) is 4.57. The normalized spacial score (nSPS) is 16.8. The highest BCUT2D eigenvalue weighted by molar-refractivity contribution is 9.10. The summed E-state index contributed by atoms with van der Waals surface area (Å²) in [4.78, 5) is 2.39. The molecule has 0 aliphatic carbocycles. The Morgan fingerprint density at radius 3 is 2.67 bits per heavy atom. The van der Waals surface area contributed by atoms with Gasteiger partial charge in [0.05, 0.1) is 0 Å². The van der Waals surface area contributed by atoms with Crippen molar-refractivity contribution in [3.8, 4) is 0 Å². The Morgan fingerprint density at radius 1 is 1.33 bits per heavy atom. The van der Waals surface area contributed by atoms with Crippen LogP contribution < -0.4 is 16.0 Å². The van der Waals surface area contributed by atoms with Gasteiger partial charge in [0.2, 0.25) is 0 Å². The first-order chi connectivity index (χ1) is 7.31. The largest absolute Gasteiger partial charge is 0.369 e. The number of benzene rings is 1. The van der Waals surface area contributed by atoms with Gasteiger partial charge in [0.1, 0.15) is 0 Å². The summed E-state index contributed by atoms with van der Waals surface area (Å²) in [6, 6.07) is 6.41. The van der Waals surface area contributed by atoms with Gasteiger partial charge >= 0.3 is 0 Å². The van der Waals surface area contributed by atoms with Crippen LogP contribution in [0, 0.1) is 0 Å². The highest BCUT2D eigenvalue weighted by Crippen LogP contribution is 2.24. The van der Waals surface area contributed by atoms with Gasteiger partial charge in [-0.1, -0.05) is 22.0 Å². The van der Waals surface area contributed by atoms with Gasteiger partial charge in [-0.15, -0.1) is 0 Å². The van der Waals surface area contributed by atoms with Crippen LogP contribution in [-0.4, -0.2) is 26.2 Å². The zero-order chi connectivity index (χ0) is 10.7. The van der Waals surface area contributed by atoms with Crippen LogP contribution in [0.25, 0.3) is 0 Å². The summed E-state index contributed by atoms with van der Waals surface area (Å²) in [6.07, 6.45) is 0. The molecular weight excluding hydrogens is 254 g/mol. The van der Waals surface area contributed by atoms with E-state index in [0.717, 1.165) is 36.2 Å². The van der Waals surface area contributed by atoms with Gasteiger partial charge in [-0.2, -0.15) is 0 Å². The average molecular weight is 270 g/mol. The third kappa shape index (κ3) is 2.51. The molecule has 3 N–H and O–H groups in total. The molecule has 4 heteroatoms. The van der Waals surface area contributed by atoms with Crippen LogP contribution in [0.2, 0.25) is 0 Å². The molecule has 82 valence electrons. The number of anilines is 1. The smallest absolute Gasteiger partial charge is 0.0378 e. The fourth-order valence-corrected chi connectivity index (χ4v) is 2.35. The molecule has 0 amide bonds. The molecule has 1 fully saturated rings. The molecular formula is C11H16BrN3. The first-order valence-corrected chi connectivity index (χ1v) is 6.04. The van der Waals surface area contributed by atoms with Gasteiger partial charge in [-0.05, 0) is 17.7 Å². The molecule has 1 aromatic rings. The molecule has 0 atom stereocenters. The average Bonchev–Trinajstić information content (AvgIpc) is 2.30. The summed E-state index contributed by atoms with van der Waals surface area (Å²) in [5.41, 5.74) is 8.06. The molecule has 0 saturated carbocycles. The lowest BCUT2D eigenvalue weighted by Crippen LogP contribution is -2.43. The van der Waals surface area contributed by atoms with Crippen molar-refractivity contribution in [1.82, 2.24) is 5.32 Å². The van der Waals surface area contributed by atoms with Crippen molar-refractivity contribution >= 4 is 21.6 Å². The molecule has 1 aliphatic heterocycles. The Hall–Kier alpha value is -0.580. The number of nitrogens with zero attached hydrogens (tertiary/aromatic N) is 1. The first-order valence-electron chi connectivity index (χ1n) is 5.25. The molecule has 1 heterocycles. The molecule has 0 spiro atoms. The van der Waals surface area contributed by atoms with Gasteiger partial charge in [0, 0.05) is 42.9 Å². The molecule has 0 radical (unpaired) electrons. The standard InChI is InChI=1S/C11H16BrN3/c12-11-7-10(2-1-9(11)8-13)15-5-3-14-4-6-15/h1-2,7,14H,3-6,8,13H2. The summed E-state index contributed by atoms with van der Waals surface area (Å²) < 4.78 is 1.11. The molecule has 1 aliphatic rings. The summed E-state index contributed by atoms with van der Waals surface area (Å²) in [7, 11) is 0. The molecule has 0 aromatic heterocycles. The molecule has 2 rings (SSSR count). The third-order valence-electron chi connectivity index (χ3n) is 2.74. The zero-order valence-electron chi connectivity index (χ0n) is 8.67. The van der Waals surface area contributed by atoms with E-state index in [1.165, 1.54) is 5.69 Å². The lowest BCUT2D eigenvalue weighted by atomic mass is 10.2. The number of rotatable bonds is 2. The van der Waals surface area contributed by atoms with Crippen LogP contribution in [0.1, 0.15) is 5.56 Å². The maximum Gasteiger partial charge on any atom is 0.0378 e. The minimum absolute atomic E-state index is 0.586. The van der Waals surface area contributed by atoms with E-state index in [1.54, 1.807) is 0 Å². The summed E-state index contributed by atoms with van der Waals surface area (Å²) in [5, 5.41) is 3.35. The zero-order valence-corrected chi connectivity index (χ0v) is 10.3. The fraction of sp³-hybridized carbons (Fsp3) is 0.455. The Labute approximate surface area is 98.8 Å². The van der Waals surface area contributed by atoms with Gasteiger partial charge < -0.3 is 16.0 Å². The van der Waals surface area contributed by atoms with E-state index >= 15 is 0 Å². The molecule has 1 saturated heterocycles. The topological polar surface area (TPSA) is 41.3 Å². The van der Waals surface area contributed by atoms with Crippen LogP contribution in [0.15, 0.2) is 22.7 Å². The Morgan fingerprint density at radius 2 is 2.07 bits per heavy atom. The van der Waals surface area contributed by atoms with E-state index in [-0.39, 0.29) is 0 Å². The van der Waals surface area contributed by atoms with Crippen molar-refractivity contribution in [2.75, 3.05) is 31.1 Å². The summed E-state index contributed by atoms with van der Waals surface area (Å²) in [5.74, 6) is 0. The predicted molar refractivity (Wildman–Crippen MR) is 67.1 cm³/mol. The minimum atomic E-state index is 0.586. The van der Waals surface area contributed by atoms with E-state index in [1.807, 2.05) is 0 Å². The minimum Gasteiger partial charge on any atom is -0.369 e. The Kier molecular flexibility index (Phi) is 3.61. The molecule has 1 aromatic carbocycles. The molecule has 0 bridgehead atoms. The highest BCUT2D eigenvalue weighted by atomic mass is 79.9. The van der Waals surface area contributed by atoms with Gasteiger partial charge in [0.15, 0.2) is 0 Å². The van der Waals surface area contributed by atoms with Gasteiger partial charge in [-0.25, -0.2) is 0 Å². The maximum absolute atomic E-state index is 5.63. The Balaban J connectivity index is 2.17. The van der Waals surface area contributed by atoms with E-state index in [0.29, 0.717) is 6.54 Å². The number of nitrogens with two attached hydrogens (primary N) is 1. The van der Waals surface area contributed by atoms with E-state index in [9.17, 15) is 0 Å².